The molecule has 0 spiro atoms. The van der Waals surface area contributed by atoms with Crippen molar-refractivity contribution in [1.29, 1.82) is 0 Å². The van der Waals surface area contributed by atoms with Crippen LogP contribution >= 0.6 is 31.9 Å². The minimum absolute atomic E-state index is 0.875. The van der Waals surface area contributed by atoms with Crippen LogP contribution in [0.1, 0.15) is 0 Å². The Hall–Kier alpha value is -0.130. The average molecular weight is 321 g/mol. The first-order valence-corrected chi connectivity index (χ1v) is 6.13. The number of aromatic nitrogens is 1. The monoisotopic (exact) mass is 319 g/mol. The lowest BCUT2D eigenvalue weighted by Crippen LogP contribution is -2.43. The van der Waals surface area contributed by atoms with Crippen LogP contribution in [0.3, 0.4) is 0 Å². The summed E-state index contributed by atoms with van der Waals surface area (Å²) in [5.41, 5.74) is 1.22. The van der Waals surface area contributed by atoms with Gasteiger partial charge in [0, 0.05) is 31.9 Å². The molecule has 1 saturated heterocycles. The average Bonchev–Trinajstić information content (AvgIpc) is 2.18. The number of anilines is 1. The van der Waals surface area contributed by atoms with E-state index in [1.165, 1.54) is 5.69 Å². The van der Waals surface area contributed by atoms with Gasteiger partial charge in [-0.25, -0.2) is 4.98 Å². The molecule has 0 atom stereocenters. The molecular weight excluding hydrogens is 310 g/mol. The highest BCUT2D eigenvalue weighted by molar-refractivity contribution is 9.11. The summed E-state index contributed by atoms with van der Waals surface area (Å²) in [6.07, 6.45) is 0. The van der Waals surface area contributed by atoms with Gasteiger partial charge in [0.25, 0.3) is 0 Å². The summed E-state index contributed by atoms with van der Waals surface area (Å²) in [5, 5.41) is 3.33. The lowest BCUT2D eigenvalue weighted by molar-refractivity contribution is 0.589. The Labute approximate surface area is 100 Å². The SMILES string of the molecule is Brc1cc(N2CCNCC2)cc(Br)n1. The van der Waals surface area contributed by atoms with Crippen molar-refractivity contribution >= 4 is 37.5 Å². The van der Waals surface area contributed by atoms with E-state index in [9.17, 15) is 0 Å². The first-order valence-electron chi connectivity index (χ1n) is 4.54. The van der Waals surface area contributed by atoms with Crippen LogP contribution in [0.5, 0.6) is 0 Å². The maximum Gasteiger partial charge on any atom is 0.109 e. The van der Waals surface area contributed by atoms with Gasteiger partial charge in [-0.3, -0.25) is 0 Å². The number of hydrogen-bond donors (Lipinski definition) is 1. The van der Waals surface area contributed by atoms with Crippen molar-refractivity contribution in [2.75, 3.05) is 31.1 Å². The van der Waals surface area contributed by atoms with Gasteiger partial charge < -0.3 is 10.2 Å². The molecule has 1 aliphatic heterocycles. The van der Waals surface area contributed by atoms with Crippen LogP contribution in [0.15, 0.2) is 21.3 Å². The Balaban J connectivity index is 2.21. The molecule has 14 heavy (non-hydrogen) atoms. The van der Waals surface area contributed by atoms with Gasteiger partial charge in [-0.05, 0) is 44.0 Å². The van der Waals surface area contributed by atoms with E-state index < -0.39 is 0 Å². The van der Waals surface area contributed by atoms with Crippen LogP contribution in [0, 0.1) is 0 Å². The minimum atomic E-state index is 0.875. The topological polar surface area (TPSA) is 28.2 Å². The molecule has 0 amide bonds. The lowest BCUT2D eigenvalue weighted by Gasteiger charge is -2.29. The number of nitrogens with zero attached hydrogens (tertiary/aromatic N) is 2. The summed E-state index contributed by atoms with van der Waals surface area (Å²) < 4.78 is 1.75. The molecule has 0 unspecified atom stereocenters. The quantitative estimate of drug-likeness (QED) is 0.802. The molecule has 1 fully saturated rings. The van der Waals surface area contributed by atoms with Gasteiger partial charge in [0.15, 0.2) is 0 Å². The van der Waals surface area contributed by atoms with Gasteiger partial charge in [-0.15, -0.1) is 0 Å². The van der Waals surface area contributed by atoms with Crippen LogP contribution in [-0.4, -0.2) is 31.2 Å². The van der Waals surface area contributed by atoms with Crippen molar-refractivity contribution in [3.05, 3.63) is 21.3 Å². The molecule has 76 valence electrons. The molecular formula is C9H11Br2N3. The van der Waals surface area contributed by atoms with Crippen molar-refractivity contribution in [2.24, 2.45) is 0 Å². The zero-order valence-electron chi connectivity index (χ0n) is 7.63. The van der Waals surface area contributed by atoms with E-state index in [2.05, 4.69) is 59.2 Å². The van der Waals surface area contributed by atoms with Gasteiger partial charge in [-0.1, -0.05) is 0 Å². The number of halogens is 2. The van der Waals surface area contributed by atoms with E-state index in [1.54, 1.807) is 0 Å². The van der Waals surface area contributed by atoms with E-state index in [4.69, 9.17) is 0 Å². The predicted octanol–water partition coefficient (Wildman–Crippen LogP) is 2.02. The molecule has 0 saturated carbocycles. The molecule has 1 aliphatic rings. The molecule has 2 rings (SSSR count). The molecule has 0 aliphatic carbocycles. The molecule has 3 nitrogen and oxygen atoms in total. The van der Waals surface area contributed by atoms with Gasteiger partial charge in [-0.2, -0.15) is 0 Å². The summed E-state index contributed by atoms with van der Waals surface area (Å²) in [6.45, 7) is 4.22. The number of rotatable bonds is 1. The fourth-order valence-corrected chi connectivity index (χ4v) is 2.65. The van der Waals surface area contributed by atoms with E-state index >= 15 is 0 Å². The zero-order chi connectivity index (χ0) is 9.97. The first-order chi connectivity index (χ1) is 6.75. The highest BCUT2D eigenvalue weighted by Crippen LogP contribution is 2.23. The summed E-state index contributed by atoms with van der Waals surface area (Å²) in [5.74, 6) is 0. The first kappa shape index (κ1) is 10.4. The van der Waals surface area contributed by atoms with Crippen LogP contribution in [0.4, 0.5) is 5.69 Å². The maximum atomic E-state index is 4.22. The second-order valence-corrected chi connectivity index (χ2v) is 4.83. The normalized spacial score (nSPS) is 17.1. The van der Waals surface area contributed by atoms with E-state index in [-0.39, 0.29) is 0 Å². The molecule has 0 aromatic carbocycles. The molecule has 1 aromatic heterocycles. The fraction of sp³-hybridized carbons (Fsp3) is 0.444. The van der Waals surface area contributed by atoms with E-state index in [1.807, 2.05) is 0 Å². The number of piperazine rings is 1. The maximum absolute atomic E-state index is 4.22. The summed E-state index contributed by atoms with van der Waals surface area (Å²) in [7, 11) is 0. The van der Waals surface area contributed by atoms with Crippen molar-refractivity contribution in [2.45, 2.75) is 0 Å². The molecule has 1 aromatic rings. The smallest absolute Gasteiger partial charge is 0.109 e. The number of pyridine rings is 1. The Kier molecular flexibility index (Phi) is 3.41. The highest BCUT2D eigenvalue weighted by Gasteiger charge is 2.11. The predicted molar refractivity (Wildman–Crippen MR) is 64.7 cm³/mol. The highest BCUT2D eigenvalue weighted by atomic mass is 79.9. The summed E-state index contributed by atoms with van der Waals surface area (Å²) in [4.78, 5) is 6.58. The van der Waals surface area contributed by atoms with Crippen molar-refractivity contribution in [3.8, 4) is 0 Å². The van der Waals surface area contributed by atoms with Crippen molar-refractivity contribution < 1.29 is 0 Å². The third-order valence-electron chi connectivity index (χ3n) is 2.23. The van der Waals surface area contributed by atoms with Crippen LogP contribution < -0.4 is 10.2 Å². The zero-order valence-corrected chi connectivity index (χ0v) is 10.8. The van der Waals surface area contributed by atoms with E-state index in [0.717, 1.165) is 35.4 Å². The Morgan fingerprint density at radius 2 is 1.71 bits per heavy atom. The van der Waals surface area contributed by atoms with Crippen molar-refractivity contribution in [3.63, 3.8) is 0 Å². The Bertz CT molecular complexity index is 304. The molecule has 5 heteroatoms. The number of nitrogens with one attached hydrogen (secondary N) is 1. The fourth-order valence-electron chi connectivity index (χ4n) is 1.56. The van der Waals surface area contributed by atoms with Crippen LogP contribution in [0.25, 0.3) is 0 Å². The molecule has 0 radical (unpaired) electrons. The van der Waals surface area contributed by atoms with Crippen LogP contribution in [-0.2, 0) is 0 Å². The second kappa shape index (κ2) is 4.59. The summed E-state index contributed by atoms with van der Waals surface area (Å²) in [6, 6.07) is 4.10. The second-order valence-electron chi connectivity index (χ2n) is 3.21. The van der Waals surface area contributed by atoms with Gasteiger partial charge in [0.1, 0.15) is 9.21 Å². The minimum Gasteiger partial charge on any atom is -0.369 e. The van der Waals surface area contributed by atoms with E-state index in [0.29, 0.717) is 0 Å². The Morgan fingerprint density at radius 3 is 2.29 bits per heavy atom. The third kappa shape index (κ3) is 2.46. The molecule has 1 N–H and O–H groups in total. The van der Waals surface area contributed by atoms with Gasteiger partial charge in [0.05, 0.1) is 0 Å². The van der Waals surface area contributed by atoms with Gasteiger partial charge in [0.2, 0.25) is 0 Å². The van der Waals surface area contributed by atoms with Crippen LogP contribution in [0.2, 0.25) is 0 Å². The molecule has 2 heterocycles. The largest absolute Gasteiger partial charge is 0.369 e. The van der Waals surface area contributed by atoms with Crippen molar-refractivity contribution in [1.82, 2.24) is 10.3 Å². The van der Waals surface area contributed by atoms with Gasteiger partial charge >= 0.3 is 0 Å². The lowest BCUT2D eigenvalue weighted by atomic mass is 10.3. The molecule has 0 bridgehead atoms. The Morgan fingerprint density at radius 1 is 1.14 bits per heavy atom. The standard InChI is InChI=1S/C9H11Br2N3/c10-8-5-7(6-9(11)13-8)14-3-1-12-2-4-14/h5-6,12H,1-4H2. The summed E-state index contributed by atoms with van der Waals surface area (Å²) >= 11 is 6.79. The third-order valence-corrected chi connectivity index (χ3v) is 3.04. The number of hydrogen-bond acceptors (Lipinski definition) is 3.